The van der Waals surface area contributed by atoms with Gasteiger partial charge in [0.25, 0.3) is 0 Å². The SMILES string of the molecule is CCOc1ccccc1NC(=O)C(C)N1CCOC(c2ccc(F)cc2)C1. The van der Waals surface area contributed by atoms with Crippen molar-refractivity contribution in [2.75, 3.05) is 31.6 Å². The highest BCUT2D eigenvalue weighted by atomic mass is 19.1. The fourth-order valence-corrected chi connectivity index (χ4v) is 3.15. The monoisotopic (exact) mass is 372 g/mol. The Bertz CT molecular complexity index is 766. The molecule has 1 aliphatic rings. The fraction of sp³-hybridized carbons (Fsp3) is 0.381. The number of hydrogen-bond acceptors (Lipinski definition) is 4. The molecule has 6 heteroatoms. The molecule has 3 rings (SSSR count). The number of carbonyl (C=O) groups excluding carboxylic acids is 1. The summed E-state index contributed by atoms with van der Waals surface area (Å²) in [7, 11) is 0. The number of ether oxygens (including phenoxy) is 2. The predicted octanol–water partition coefficient (Wildman–Crippen LogP) is 3.62. The molecule has 5 nitrogen and oxygen atoms in total. The Labute approximate surface area is 159 Å². The van der Waals surface area contributed by atoms with Crippen LogP contribution in [0.1, 0.15) is 25.5 Å². The fourth-order valence-electron chi connectivity index (χ4n) is 3.15. The third-order valence-electron chi connectivity index (χ3n) is 4.71. The molecule has 1 heterocycles. The molecule has 2 aromatic carbocycles. The lowest BCUT2D eigenvalue weighted by molar-refractivity contribution is -0.124. The van der Waals surface area contributed by atoms with Gasteiger partial charge in [-0.05, 0) is 43.7 Å². The van der Waals surface area contributed by atoms with Crippen molar-refractivity contribution in [3.8, 4) is 5.75 Å². The molecule has 2 aromatic rings. The van der Waals surface area contributed by atoms with Crippen LogP contribution in [0.25, 0.3) is 0 Å². The maximum Gasteiger partial charge on any atom is 0.241 e. The summed E-state index contributed by atoms with van der Waals surface area (Å²) in [6, 6.07) is 13.4. The van der Waals surface area contributed by atoms with Crippen LogP contribution in [-0.2, 0) is 9.53 Å². The Morgan fingerprint density at radius 1 is 1.30 bits per heavy atom. The Morgan fingerprint density at radius 3 is 2.78 bits per heavy atom. The number of amides is 1. The number of anilines is 1. The molecule has 1 saturated heterocycles. The third kappa shape index (κ3) is 4.84. The van der Waals surface area contributed by atoms with Crippen molar-refractivity contribution in [3.63, 3.8) is 0 Å². The van der Waals surface area contributed by atoms with Crippen LogP contribution in [-0.4, -0.2) is 43.2 Å². The quantitative estimate of drug-likeness (QED) is 0.841. The van der Waals surface area contributed by atoms with E-state index in [1.807, 2.05) is 38.1 Å². The second kappa shape index (κ2) is 8.97. The van der Waals surface area contributed by atoms with Gasteiger partial charge < -0.3 is 14.8 Å². The van der Waals surface area contributed by atoms with Crippen molar-refractivity contribution in [2.24, 2.45) is 0 Å². The summed E-state index contributed by atoms with van der Waals surface area (Å²) in [4.78, 5) is 14.8. The second-order valence-corrected chi connectivity index (χ2v) is 6.50. The van der Waals surface area contributed by atoms with Crippen molar-refractivity contribution in [3.05, 3.63) is 59.9 Å². The molecule has 1 aliphatic heterocycles. The topological polar surface area (TPSA) is 50.8 Å². The number of para-hydroxylation sites is 2. The number of nitrogens with one attached hydrogen (secondary N) is 1. The molecule has 1 fully saturated rings. The van der Waals surface area contributed by atoms with Crippen LogP contribution in [0.15, 0.2) is 48.5 Å². The normalized spacial score (nSPS) is 18.7. The molecule has 1 amide bonds. The van der Waals surface area contributed by atoms with Crippen molar-refractivity contribution < 1.29 is 18.7 Å². The molecular weight excluding hydrogens is 347 g/mol. The lowest BCUT2D eigenvalue weighted by Crippen LogP contribution is -2.48. The first-order chi connectivity index (χ1) is 13.1. The van der Waals surface area contributed by atoms with E-state index in [0.717, 1.165) is 5.56 Å². The van der Waals surface area contributed by atoms with Crippen LogP contribution >= 0.6 is 0 Å². The van der Waals surface area contributed by atoms with E-state index >= 15 is 0 Å². The Morgan fingerprint density at radius 2 is 2.04 bits per heavy atom. The van der Waals surface area contributed by atoms with Gasteiger partial charge in [0.1, 0.15) is 11.6 Å². The summed E-state index contributed by atoms with van der Waals surface area (Å²) in [5.41, 5.74) is 1.58. The summed E-state index contributed by atoms with van der Waals surface area (Å²) in [5.74, 6) is 0.292. The molecule has 2 atom stereocenters. The van der Waals surface area contributed by atoms with Gasteiger partial charge in [-0.3, -0.25) is 9.69 Å². The minimum Gasteiger partial charge on any atom is -0.492 e. The van der Waals surface area contributed by atoms with E-state index in [4.69, 9.17) is 9.47 Å². The number of hydrogen-bond donors (Lipinski definition) is 1. The van der Waals surface area contributed by atoms with Crippen LogP contribution in [0.5, 0.6) is 5.75 Å². The number of carbonyl (C=O) groups is 1. The van der Waals surface area contributed by atoms with Crippen molar-refractivity contribution in [1.29, 1.82) is 0 Å². The van der Waals surface area contributed by atoms with Crippen LogP contribution in [0.2, 0.25) is 0 Å². The Balaban J connectivity index is 1.65. The van der Waals surface area contributed by atoms with Crippen LogP contribution in [0.3, 0.4) is 0 Å². The van der Waals surface area contributed by atoms with Gasteiger partial charge in [-0.25, -0.2) is 4.39 Å². The van der Waals surface area contributed by atoms with Crippen molar-refractivity contribution in [1.82, 2.24) is 4.90 Å². The summed E-state index contributed by atoms with van der Waals surface area (Å²) in [5, 5.41) is 2.96. The predicted molar refractivity (Wildman–Crippen MR) is 102 cm³/mol. The third-order valence-corrected chi connectivity index (χ3v) is 4.71. The van der Waals surface area contributed by atoms with Gasteiger partial charge in [-0.2, -0.15) is 0 Å². The molecular formula is C21H25FN2O3. The Kier molecular flexibility index (Phi) is 6.42. The first-order valence-corrected chi connectivity index (χ1v) is 9.22. The van der Waals surface area contributed by atoms with Crippen molar-refractivity contribution >= 4 is 11.6 Å². The second-order valence-electron chi connectivity index (χ2n) is 6.50. The minimum absolute atomic E-state index is 0.0955. The zero-order chi connectivity index (χ0) is 19.2. The molecule has 0 radical (unpaired) electrons. The van der Waals surface area contributed by atoms with E-state index in [0.29, 0.717) is 37.7 Å². The summed E-state index contributed by atoms with van der Waals surface area (Å²) in [6.45, 7) is 6.09. The Hall–Kier alpha value is -2.44. The summed E-state index contributed by atoms with van der Waals surface area (Å²) in [6.07, 6.45) is -0.176. The summed E-state index contributed by atoms with van der Waals surface area (Å²) >= 11 is 0. The average Bonchev–Trinajstić information content (AvgIpc) is 2.69. The number of halogens is 1. The van der Waals surface area contributed by atoms with Crippen LogP contribution in [0, 0.1) is 5.82 Å². The maximum atomic E-state index is 13.1. The lowest BCUT2D eigenvalue weighted by Gasteiger charge is -2.36. The number of rotatable bonds is 6. The molecule has 0 saturated carbocycles. The zero-order valence-electron chi connectivity index (χ0n) is 15.7. The highest BCUT2D eigenvalue weighted by molar-refractivity contribution is 5.95. The maximum absolute atomic E-state index is 13.1. The summed E-state index contributed by atoms with van der Waals surface area (Å²) < 4.78 is 24.5. The molecule has 0 bridgehead atoms. The number of benzene rings is 2. The molecule has 27 heavy (non-hydrogen) atoms. The molecule has 0 aliphatic carbocycles. The standard InChI is InChI=1S/C21H25FN2O3/c1-3-26-19-7-5-4-6-18(19)23-21(25)15(2)24-12-13-27-20(14-24)16-8-10-17(22)11-9-16/h4-11,15,20H,3,12-14H2,1-2H3,(H,23,25). The lowest BCUT2D eigenvalue weighted by atomic mass is 10.1. The smallest absolute Gasteiger partial charge is 0.241 e. The van der Waals surface area contributed by atoms with Gasteiger partial charge in [-0.1, -0.05) is 24.3 Å². The van der Waals surface area contributed by atoms with E-state index in [2.05, 4.69) is 10.2 Å². The number of morpholine rings is 1. The molecule has 144 valence electrons. The minimum atomic E-state index is -0.327. The highest BCUT2D eigenvalue weighted by Crippen LogP contribution is 2.26. The van der Waals surface area contributed by atoms with Gasteiger partial charge in [0, 0.05) is 13.1 Å². The van der Waals surface area contributed by atoms with Gasteiger partial charge in [0.2, 0.25) is 5.91 Å². The molecule has 1 N–H and O–H groups in total. The van der Waals surface area contributed by atoms with Gasteiger partial charge in [-0.15, -0.1) is 0 Å². The van der Waals surface area contributed by atoms with Crippen molar-refractivity contribution in [2.45, 2.75) is 26.0 Å². The van der Waals surface area contributed by atoms with Crippen LogP contribution in [0.4, 0.5) is 10.1 Å². The molecule has 0 aromatic heterocycles. The number of nitrogens with zero attached hydrogens (tertiary/aromatic N) is 1. The van der Waals surface area contributed by atoms with E-state index in [9.17, 15) is 9.18 Å². The largest absolute Gasteiger partial charge is 0.492 e. The van der Waals surface area contributed by atoms with Gasteiger partial charge in [0.15, 0.2) is 0 Å². The molecule has 2 unspecified atom stereocenters. The van der Waals surface area contributed by atoms with Gasteiger partial charge >= 0.3 is 0 Å². The first kappa shape index (κ1) is 19.3. The van der Waals surface area contributed by atoms with E-state index in [1.54, 1.807) is 12.1 Å². The average molecular weight is 372 g/mol. The first-order valence-electron chi connectivity index (χ1n) is 9.22. The molecule has 0 spiro atoms. The van der Waals surface area contributed by atoms with E-state index in [-0.39, 0.29) is 23.9 Å². The van der Waals surface area contributed by atoms with Gasteiger partial charge in [0.05, 0.1) is 31.0 Å². The highest BCUT2D eigenvalue weighted by Gasteiger charge is 2.29. The van der Waals surface area contributed by atoms with E-state index in [1.165, 1.54) is 12.1 Å². The zero-order valence-corrected chi connectivity index (χ0v) is 15.7. The van der Waals surface area contributed by atoms with E-state index < -0.39 is 0 Å². The van der Waals surface area contributed by atoms with Crippen LogP contribution < -0.4 is 10.1 Å².